The van der Waals surface area contributed by atoms with Gasteiger partial charge in [0.1, 0.15) is 23.1 Å². The standard InChI is InChI=1S/C14H19N3O2/c1-3-19-14(6-4-5-10(2)7-14)13-16-9-11(8-15)12(18)17-13/h9-10H,3-7H2,1-2H3,(H,16,17,18). The maximum absolute atomic E-state index is 11.8. The van der Waals surface area contributed by atoms with Crippen molar-refractivity contribution >= 4 is 0 Å². The van der Waals surface area contributed by atoms with Crippen LogP contribution in [-0.4, -0.2) is 16.6 Å². The third kappa shape index (κ3) is 2.69. The number of rotatable bonds is 3. The first-order chi connectivity index (χ1) is 9.11. The zero-order chi connectivity index (χ0) is 13.9. The van der Waals surface area contributed by atoms with Crippen LogP contribution in [0.4, 0.5) is 0 Å². The lowest BCUT2D eigenvalue weighted by molar-refractivity contribution is -0.0882. The van der Waals surface area contributed by atoms with Crippen molar-refractivity contribution in [2.45, 2.75) is 45.1 Å². The fourth-order valence-electron chi connectivity index (χ4n) is 2.90. The van der Waals surface area contributed by atoms with Gasteiger partial charge in [0.25, 0.3) is 5.56 Å². The lowest BCUT2D eigenvalue weighted by Gasteiger charge is -2.38. The van der Waals surface area contributed by atoms with Crippen molar-refractivity contribution < 1.29 is 4.74 Å². The van der Waals surface area contributed by atoms with Crippen molar-refractivity contribution in [3.63, 3.8) is 0 Å². The molecule has 0 saturated heterocycles. The summed E-state index contributed by atoms with van der Waals surface area (Å²) in [7, 11) is 0. The molecule has 0 spiro atoms. The molecule has 0 aromatic carbocycles. The molecule has 1 aliphatic rings. The normalized spacial score (nSPS) is 26.9. The van der Waals surface area contributed by atoms with E-state index in [2.05, 4.69) is 16.9 Å². The Hall–Kier alpha value is -1.67. The number of H-pyrrole nitrogens is 1. The van der Waals surface area contributed by atoms with Crippen LogP contribution in [0.3, 0.4) is 0 Å². The van der Waals surface area contributed by atoms with E-state index < -0.39 is 5.60 Å². The number of nitrogens with zero attached hydrogens (tertiary/aromatic N) is 2. The van der Waals surface area contributed by atoms with Crippen LogP contribution in [0.5, 0.6) is 0 Å². The van der Waals surface area contributed by atoms with E-state index in [1.165, 1.54) is 12.6 Å². The van der Waals surface area contributed by atoms with Gasteiger partial charge in [0, 0.05) is 6.61 Å². The van der Waals surface area contributed by atoms with E-state index in [4.69, 9.17) is 10.00 Å². The number of nitrogens with one attached hydrogen (secondary N) is 1. The quantitative estimate of drug-likeness (QED) is 0.903. The molecule has 2 unspecified atom stereocenters. The fraction of sp³-hybridized carbons (Fsp3) is 0.643. The Morgan fingerprint density at radius 2 is 2.47 bits per heavy atom. The van der Waals surface area contributed by atoms with E-state index in [0.717, 1.165) is 19.3 Å². The van der Waals surface area contributed by atoms with Gasteiger partial charge < -0.3 is 9.72 Å². The van der Waals surface area contributed by atoms with Gasteiger partial charge >= 0.3 is 0 Å². The smallest absolute Gasteiger partial charge is 0.268 e. The third-order valence-corrected chi connectivity index (χ3v) is 3.73. The first kappa shape index (κ1) is 13.8. The molecule has 1 aromatic heterocycles. The maximum Gasteiger partial charge on any atom is 0.268 e. The van der Waals surface area contributed by atoms with Gasteiger partial charge in [-0.2, -0.15) is 5.26 Å². The van der Waals surface area contributed by atoms with Crippen LogP contribution in [0, 0.1) is 17.2 Å². The van der Waals surface area contributed by atoms with Crippen molar-refractivity contribution in [2.75, 3.05) is 6.61 Å². The van der Waals surface area contributed by atoms with E-state index in [-0.39, 0.29) is 11.1 Å². The minimum absolute atomic E-state index is 0.0410. The minimum atomic E-state index is -0.500. The highest BCUT2D eigenvalue weighted by Gasteiger charge is 2.39. The second kappa shape index (κ2) is 5.54. The average molecular weight is 261 g/mol. The fourth-order valence-corrected chi connectivity index (χ4v) is 2.90. The molecule has 0 amide bonds. The number of nitriles is 1. The van der Waals surface area contributed by atoms with Gasteiger partial charge in [0.15, 0.2) is 0 Å². The molecule has 0 radical (unpaired) electrons. The SMILES string of the molecule is CCOC1(c2ncc(C#N)c(=O)[nH]2)CCCC(C)C1. The molecule has 1 aliphatic carbocycles. The van der Waals surface area contributed by atoms with E-state index in [1.807, 2.05) is 13.0 Å². The predicted molar refractivity (Wildman–Crippen MR) is 70.5 cm³/mol. The first-order valence-corrected chi connectivity index (χ1v) is 6.75. The van der Waals surface area contributed by atoms with E-state index in [0.29, 0.717) is 18.3 Å². The lowest BCUT2D eigenvalue weighted by atomic mass is 9.78. The highest BCUT2D eigenvalue weighted by Crippen LogP contribution is 2.41. The summed E-state index contributed by atoms with van der Waals surface area (Å²) in [4.78, 5) is 18.8. The Labute approximate surface area is 112 Å². The van der Waals surface area contributed by atoms with Crippen molar-refractivity contribution in [1.29, 1.82) is 5.26 Å². The molecule has 1 saturated carbocycles. The zero-order valence-corrected chi connectivity index (χ0v) is 11.4. The van der Waals surface area contributed by atoms with Gasteiger partial charge in [-0.1, -0.05) is 13.3 Å². The number of hydrogen-bond acceptors (Lipinski definition) is 4. The summed E-state index contributed by atoms with van der Waals surface area (Å²) in [6.45, 7) is 4.72. The predicted octanol–water partition coefficient (Wildman–Crippen LogP) is 2.08. The number of ether oxygens (including phenoxy) is 1. The monoisotopic (exact) mass is 261 g/mol. The minimum Gasteiger partial charge on any atom is -0.367 e. The highest BCUT2D eigenvalue weighted by molar-refractivity contribution is 5.23. The van der Waals surface area contributed by atoms with Crippen LogP contribution < -0.4 is 5.56 Å². The summed E-state index contributed by atoms with van der Waals surface area (Å²) < 4.78 is 5.94. The topological polar surface area (TPSA) is 78.8 Å². The van der Waals surface area contributed by atoms with Crippen molar-refractivity contribution in [1.82, 2.24) is 9.97 Å². The third-order valence-electron chi connectivity index (χ3n) is 3.73. The molecule has 1 N–H and O–H groups in total. The summed E-state index contributed by atoms with van der Waals surface area (Å²) in [5.74, 6) is 1.10. The molecule has 19 heavy (non-hydrogen) atoms. The molecule has 1 fully saturated rings. The van der Waals surface area contributed by atoms with Gasteiger partial charge in [-0.15, -0.1) is 0 Å². The van der Waals surface area contributed by atoms with Crippen LogP contribution in [0.25, 0.3) is 0 Å². The van der Waals surface area contributed by atoms with Gasteiger partial charge in [-0.25, -0.2) is 4.98 Å². The van der Waals surface area contributed by atoms with Gasteiger partial charge in [-0.05, 0) is 32.1 Å². The molecule has 0 bridgehead atoms. The molecule has 102 valence electrons. The molecule has 5 nitrogen and oxygen atoms in total. The summed E-state index contributed by atoms with van der Waals surface area (Å²) in [5.41, 5.74) is -0.844. The molecular weight excluding hydrogens is 242 g/mol. The maximum atomic E-state index is 11.8. The summed E-state index contributed by atoms with van der Waals surface area (Å²) in [6.07, 6.45) is 5.30. The molecular formula is C14H19N3O2. The van der Waals surface area contributed by atoms with Gasteiger partial charge in [0.2, 0.25) is 0 Å². The van der Waals surface area contributed by atoms with Crippen LogP contribution in [0.15, 0.2) is 11.0 Å². The van der Waals surface area contributed by atoms with E-state index >= 15 is 0 Å². The van der Waals surface area contributed by atoms with Crippen LogP contribution in [-0.2, 0) is 10.3 Å². The first-order valence-electron chi connectivity index (χ1n) is 6.75. The lowest BCUT2D eigenvalue weighted by Crippen LogP contribution is -2.38. The molecule has 1 heterocycles. The number of aromatic nitrogens is 2. The average Bonchev–Trinajstić information content (AvgIpc) is 2.39. The molecule has 1 aromatic rings. The number of hydrogen-bond donors (Lipinski definition) is 1. The summed E-state index contributed by atoms with van der Waals surface area (Å²) >= 11 is 0. The van der Waals surface area contributed by atoms with Crippen molar-refractivity contribution in [3.05, 3.63) is 27.9 Å². The zero-order valence-electron chi connectivity index (χ0n) is 11.4. The van der Waals surface area contributed by atoms with E-state index in [1.54, 1.807) is 0 Å². The van der Waals surface area contributed by atoms with Gasteiger partial charge in [0.05, 0.1) is 6.20 Å². The van der Waals surface area contributed by atoms with Crippen LogP contribution in [0.2, 0.25) is 0 Å². The van der Waals surface area contributed by atoms with Crippen LogP contribution in [0.1, 0.15) is 50.9 Å². The second-order valence-electron chi connectivity index (χ2n) is 5.22. The molecule has 5 heteroatoms. The highest BCUT2D eigenvalue weighted by atomic mass is 16.5. The molecule has 2 rings (SSSR count). The Kier molecular flexibility index (Phi) is 4.01. The van der Waals surface area contributed by atoms with Crippen LogP contribution >= 0.6 is 0 Å². The summed E-state index contributed by atoms with van der Waals surface area (Å²) in [5, 5.41) is 8.79. The Balaban J connectivity index is 2.42. The second-order valence-corrected chi connectivity index (χ2v) is 5.22. The number of aromatic amines is 1. The molecule has 2 atom stereocenters. The van der Waals surface area contributed by atoms with Gasteiger partial charge in [-0.3, -0.25) is 4.79 Å². The Bertz CT molecular complexity index is 542. The molecule has 0 aliphatic heterocycles. The Morgan fingerprint density at radius 3 is 3.05 bits per heavy atom. The summed E-state index contributed by atoms with van der Waals surface area (Å²) in [6, 6.07) is 1.83. The Morgan fingerprint density at radius 1 is 1.68 bits per heavy atom. The largest absolute Gasteiger partial charge is 0.367 e. The van der Waals surface area contributed by atoms with Crippen molar-refractivity contribution in [2.24, 2.45) is 5.92 Å². The van der Waals surface area contributed by atoms with Crippen molar-refractivity contribution in [3.8, 4) is 6.07 Å². The van der Waals surface area contributed by atoms with E-state index in [9.17, 15) is 4.79 Å².